The van der Waals surface area contributed by atoms with Crippen molar-refractivity contribution < 1.29 is 14.0 Å². The summed E-state index contributed by atoms with van der Waals surface area (Å²) in [5, 5.41) is 0. The SMILES string of the molecule is COc1ccc(C=C(CN)B2OC(C)(C)C(C)(C)O2)cc1. The third-order valence-electron chi connectivity index (χ3n) is 4.26. The van der Waals surface area contributed by atoms with Crippen LogP contribution in [0.5, 0.6) is 5.75 Å². The van der Waals surface area contributed by atoms with Crippen molar-refractivity contribution in [1.82, 2.24) is 0 Å². The minimum Gasteiger partial charge on any atom is -0.497 e. The second-order valence-electron chi connectivity index (χ2n) is 6.28. The minimum atomic E-state index is -0.401. The minimum absolute atomic E-state index is 0.355. The van der Waals surface area contributed by atoms with Crippen molar-refractivity contribution in [2.24, 2.45) is 5.73 Å². The Morgan fingerprint density at radius 2 is 1.67 bits per heavy atom. The molecule has 1 aliphatic rings. The molecule has 0 amide bonds. The maximum Gasteiger partial charge on any atom is 0.491 e. The zero-order valence-electron chi connectivity index (χ0n) is 13.5. The van der Waals surface area contributed by atoms with Crippen LogP contribution in [-0.2, 0) is 9.31 Å². The van der Waals surface area contributed by atoms with E-state index in [1.807, 2.05) is 58.0 Å². The van der Waals surface area contributed by atoms with Crippen LogP contribution in [-0.4, -0.2) is 32.0 Å². The molecule has 0 aromatic heterocycles. The van der Waals surface area contributed by atoms with Gasteiger partial charge in [-0.25, -0.2) is 0 Å². The van der Waals surface area contributed by atoms with E-state index in [1.54, 1.807) is 7.11 Å². The second kappa shape index (κ2) is 5.83. The Labute approximate surface area is 127 Å². The molecule has 0 aliphatic carbocycles. The van der Waals surface area contributed by atoms with Gasteiger partial charge in [0.15, 0.2) is 0 Å². The Balaban J connectivity index is 2.22. The maximum absolute atomic E-state index is 6.04. The first-order valence-corrected chi connectivity index (χ1v) is 7.19. The predicted molar refractivity (Wildman–Crippen MR) is 86.1 cm³/mol. The molecule has 1 fully saturated rings. The molecule has 0 radical (unpaired) electrons. The Morgan fingerprint density at radius 3 is 2.10 bits per heavy atom. The molecule has 0 spiro atoms. The van der Waals surface area contributed by atoms with E-state index in [0.29, 0.717) is 6.54 Å². The molecular formula is C16H24BNO3. The van der Waals surface area contributed by atoms with Gasteiger partial charge in [-0.2, -0.15) is 0 Å². The fraction of sp³-hybridized carbons (Fsp3) is 0.500. The summed E-state index contributed by atoms with van der Waals surface area (Å²) in [6, 6.07) is 7.81. The van der Waals surface area contributed by atoms with E-state index in [2.05, 4.69) is 0 Å². The molecule has 1 aromatic carbocycles. The van der Waals surface area contributed by atoms with Crippen LogP contribution in [0.3, 0.4) is 0 Å². The highest BCUT2D eigenvalue weighted by Crippen LogP contribution is 2.38. The lowest BCUT2D eigenvalue weighted by Crippen LogP contribution is -2.41. The summed E-state index contributed by atoms with van der Waals surface area (Å²) in [6.45, 7) is 8.54. The maximum atomic E-state index is 6.04. The van der Waals surface area contributed by atoms with Crippen LogP contribution in [0.4, 0.5) is 0 Å². The van der Waals surface area contributed by atoms with Gasteiger partial charge < -0.3 is 19.8 Å². The largest absolute Gasteiger partial charge is 0.497 e. The number of nitrogens with two attached hydrogens (primary N) is 1. The van der Waals surface area contributed by atoms with Gasteiger partial charge in [-0.3, -0.25) is 0 Å². The molecule has 0 bridgehead atoms. The normalized spacial score (nSPS) is 20.7. The van der Waals surface area contributed by atoms with Crippen LogP contribution >= 0.6 is 0 Å². The molecule has 1 aliphatic heterocycles. The number of ether oxygens (including phenoxy) is 1. The van der Waals surface area contributed by atoms with Crippen LogP contribution in [0.15, 0.2) is 29.7 Å². The van der Waals surface area contributed by atoms with Gasteiger partial charge in [0, 0.05) is 6.54 Å². The van der Waals surface area contributed by atoms with Crippen LogP contribution in [0.2, 0.25) is 0 Å². The van der Waals surface area contributed by atoms with Crippen molar-refractivity contribution in [2.45, 2.75) is 38.9 Å². The monoisotopic (exact) mass is 289 g/mol. The Kier molecular flexibility index (Phi) is 4.47. The molecule has 1 heterocycles. The van der Waals surface area contributed by atoms with Crippen LogP contribution in [0, 0.1) is 0 Å². The molecular weight excluding hydrogens is 265 g/mol. The quantitative estimate of drug-likeness (QED) is 0.866. The van der Waals surface area contributed by atoms with Gasteiger partial charge in [0.05, 0.1) is 18.3 Å². The van der Waals surface area contributed by atoms with Crippen molar-refractivity contribution >= 4 is 13.2 Å². The number of rotatable bonds is 4. The van der Waals surface area contributed by atoms with Gasteiger partial charge in [0.2, 0.25) is 0 Å². The summed E-state index contributed by atoms with van der Waals surface area (Å²) < 4.78 is 17.2. The van der Waals surface area contributed by atoms with Crippen LogP contribution in [0.1, 0.15) is 33.3 Å². The Hall–Kier alpha value is -1.30. The molecule has 21 heavy (non-hydrogen) atoms. The van der Waals surface area contributed by atoms with Crippen molar-refractivity contribution in [2.75, 3.05) is 13.7 Å². The summed E-state index contributed by atoms with van der Waals surface area (Å²) in [7, 11) is 1.25. The number of hydrogen-bond acceptors (Lipinski definition) is 4. The number of benzene rings is 1. The highest BCUT2D eigenvalue weighted by molar-refractivity contribution is 6.55. The second-order valence-corrected chi connectivity index (χ2v) is 6.28. The molecule has 0 atom stereocenters. The predicted octanol–water partition coefficient (Wildman–Crippen LogP) is 2.67. The smallest absolute Gasteiger partial charge is 0.491 e. The third kappa shape index (κ3) is 3.31. The summed E-state index contributed by atoms with van der Waals surface area (Å²) in [5.41, 5.74) is 7.15. The van der Waals surface area contributed by atoms with E-state index in [9.17, 15) is 0 Å². The number of hydrogen-bond donors (Lipinski definition) is 1. The molecule has 5 heteroatoms. The zero-order chi connectivity index (χ0) is 15.7. The molecule has 2 rings (SSSR count). The van der Waals surface area contributed by atoms with Gasteiger partial charge in [-0.15, -0.1) is 0 Å². The lowest BCUT2D eigenvalue weighted by molar-refractivity contribution is 0.00578. The van der Waals surface area contributed by atoms with Gasteiger partial charge in [0.25, 0.3) is 0 Å². The summed E-state index contributed by atoms with van der Waals surface area (Å²) in [5.74, 6) is 0.831. The third-order valence-corrected chi connectivity index (χ3v) is 4.26. The first kappa shape index (κ1) is 16.1. The average Bonchev–Trinajstić information content (AvgIpc) is 2.65. The highest BCUT2D eigenvalue weighted by atomic mass is 16.7. The van der Waals surface area contributed by atoms with Crippen molar-refractivity contribution in [3.05, 3.63) is 35.3 Å². The van der Waals surface area contributed by atoms with E-state index >= 15 is 0 Å². The summed E-state index contributed by atoms with van der Waals surface area (Å²) in [6.07, 6.45) is 2.02. The fourth-order valence-corrected chi connectivity index (χ4v) is 2.13. The Bertz CT molecular complexity index is 507. The molecule has 0 unspecified atom stereocenters. The lowest BCUT2D eigenvalue weighted by Gasteiger charge is -2.32. The summed E-state index contributed by atoms with van der Waals surface area (Å²) in [4.78, 5) is 0. The van der Waals surface area contributed by atoms with Crippen molar-refractivity contribution in [3.8, 4) is 5.75 Å². The molecule has 114 valence electrons. The van der Waals surface area contributed by atoms with E-state index in [0.717, 1.165) is 16.8 Å². The van der Waals surface area contributed by atoms with E-state index in [-0.39, 0.29) is 11.2 Å². The first-order valence-electron chi connectivity index (χ1n) is 7.19. The Morgan fingerprint density at radius 1 is 1.14 bits per heavy atom. The zero-order valence-corrected chi connectivity index (χ0v) is 13.5. The first-order chi connectivity index (χ1) is 9.79. The molecule has 1 saturated heterocycles. The molecule has 4 nitrogen and oxygen atoms in total. The highest BCUT2D eigenvalue weighted by Gasteiger charge is 2.52. The lowest BCUT2D eigenvalue weighted by atomic mass is 9.77. The van der Waals surface area contributed by atoms with E-state index in [1.165, 1.54) is 0 Å². The molecule has 2 N–H and O–H groups in total. The number of methoxy groups -OCH3 is 1. The van der Waals surface area contributed by atoms with Gasteiger partial charge in [-0.05, 0) is 50.9 Å². The van der Waals surface area contributed by atoms with Gasteiger partial charge >= 0.3 is 7.12 Å². The summed E-state index contributed by atoms with van der Waals surface area (Å²) >= 11 is 0. The van der Waals surface area contributed by atoms with Crippen molar-refractivity contribution in [1.29, 1.82) is 0 Å². The van der Waals surface area contributed by atoms with Crippen molar-refractivity contribution in [3.63, 3.8) is 0 Å². The molecule has 0 saturated carbocycles. The molecule has 1 aromatic rings. The van der Waals surface area contributed by atoms with Crippen LogP contribution in [0.25, 0.3) is 6.08 Å². The van der Waals surface area contributed by atoms with Gasteiger partial charge in [0.1, 0.15) is 5.75 Å². The standard InChI is InChI=1S/C16H24BNO3/c1-15(2)16(3,4)21-17(20-15)13(11-18)10-12-6-8-14(19-5)9-7-12/h6-10H,11,18H2,1-5H3. The average molecular weight is 289 g/mol. The van der Waals surface area contributed by atoms with E-state index in [4.69, 9.17) is 19.8 Å². The fourth-order valence-electron chi connectivity index (χ4n) is 2.13. The van der Waals surface area contributed by atoms with E-state index < -0.39 is 7.12 Å². The topological polar surface area (TPSA) is 53.7 Å². The van der Waals surface area contributed by atoms with Crippen LogP contribution < -0.4 is 10.5 Å². The van der Waals surface area contributed by atoms with Gasteiger partial charge in [-0.1, -0.05) is 18.2 Å².